The molecular formula is C16H32N2O. The van der Waals surface area contributed by atoms with Crippen LogP contribution in [0, 0.1) is 11.8 Å². The highest BCUT2D eigenvalue weighted by Gasteiger charge is 2.29. The molecule has 3 atom stereocenters. The Labute approximate surface area is 118 Å². The van der Waals surface area contributed by atoms with E-state index in [0.717, 1.165) is 32.0 Å². The van der Waals surface area contributed by atoms with E-state index in [2.05, 4.69) is 17.1 Å². The van der Waals surface area contributed by atoms with Gasteiger partial charge in [0.15, 0.2) is 0 Å². The number of likely N-dealkylation sites (tertiary alicyclic amines) is 1. The van der Waals surface area contributed by atoms with E-state index < -0.39 is 0 Å². The van der Waals surface area contributed by atoms with E-state index in [1.54, 1.807) is 0 Å². The fraction of sp³-hybridized carbons (Fsp3) is 1.00. The highest BCUT2D eigenvalue weighted by Crippen LogP contribution is 2.24. The molecule has 0 aromatic rings. The van der Waals surface area contributed by atoms with Crippen LogP contribution < -0.4 is 5.32 Å². The first-order valence-corrected chi connectivity index (χ1v) is 8.32. The fourth-order valence-electron chi connectivity index (χ4n) is 3.71. The zero-order valence-electron chi connectivity index (χ0n) is 12.8. The summed E-state index contributed by atoms with van der Waals surface area (Å²) in [7, 11) is 0. The summed E-state index contributed by atoms with van der Waals surface area (Å²) in [4.78, 5) is 2.49. The van der Waals surface area contributed by atoms with Crippen LogP contribution >= 0.6 is 0 Å². The van der Waals surface area contributed by atoms with Crippen molar-refractivity contribution in [2.24, 2.45) is 11.8 Å². The van der Waals surface area contributed by atoms with E-state index in [0.29, 0.717) is 12.0 Å². The number of nitrogens with one attached hydrogen (secondary N) is 1. The van der Waals surface area contributed by atoms with Crippen LogP contribution in [0.25, 0.3) is 0 Å². The molecule has 19 heavy (non-hydrogen) atoms. The molecule has 2 rings (SSSR count). The lowest BCUT2D eigenvalue weighted by molar-refractivity contribution is 0.0492. The zero-order valence-corrected chi connectivity index (χ0v) is 12.8. The molecule has 1 saturated carbocycles. The third kappa shape index (κ3) is 4.73. The molecule has 112 valence electrons. The van der Waals surface area contributed by atoms with Gasteiger partial charge < -0.3 is 15.3 Å². The normalized spacial score (nSPS) is 32.4. The molecule has 0 bridgehead atoms. The molecule has 2 N–H and O–H groups in total. The van der Waals surface area contributed by atoms with Gasteiger partial charge in [-0.2, -0.15) is 0 Å². The maximum atomic E-state index is 9.87. The topological polar surface area (TPSA) is 35.5 Å². The average molecular weight is 268 g/mol. The van der Waals surface area contributed by atoms with Crippen molar-refractivity contribution in [1.82, 2.24) is 10.2 Å². The molecular weight excluding hydrogens is 236 g/mol. The van der Waals surface area contributed by atoms with Crippen molar-refractivity contribution >= 4 is 0 Å². The summed E-state index contributed by atoms with van der Waals surface area (Å²) >= 11 is 0. The van der Waals surface area contributed by atoms with Gasteiger partial charge in [-0.25, -0.2) is 0 Å². The second kappa shape index (κ2) is 7.61. The SMILES string of the molecule is CCN1CC(NCC2CCCCC2)CC(C(C)O)C1. The molecule has 3 heteroatoms. The van der Waals surface area contributed by atoms with Gasteiger partial charge in [0.2, 0.25) is 0 Å². The molecule has 0 aromatic heterocycles. The number of hydrogen-bond acceptors (Lipinski definition) is 3. The molecule has 0 aromatic carbocycles. The van der Waals surface area contributed by atoms with Crippen molar-refractivity contribution in [3.63, 3.8) is 0 Å². The molecule has 1 aliphatic heterocycles. The molecule has 0 amide bonds. The fourth-order valence-corrected chi connectivity index (χ4v) is 3.71. The van der Waals surface area contributed by atoms with Crippen molar-refractivity contribution in [2.75, 3.05) is 26.2 Å². The molecule has 1 aliphatic carbocycles. The Balaban J connectivity index is 1.77. The maximum Gasteiger partial charge on any atom is 0.0553 e. The van der Waals surface area contributed by atoms with Gasteiger partial charge in [0.1, 0.15) is 0 Å². The molecule has 0 radical (unpaired) electrons. The summed E-state index contributed by atoms with van der Waals surface area (Å²) < 4.78 is 0. The standard InChI is InChI=1S/C16H32N2O/c1-3-18-11-15(13(2)19)9-16(12-18)17-10-14-7-5-4-6-8-14/h13-17,19H,3-12H2,1-2H3. The van der Waals surface area contributed by atoms with E-state index in [1.165, 1.54) is 38.6 Å². The monoisotopic (exact) mass is 268 g/mol. The highest BCUT2D eigenvalue weighted by atomic mass is 16.3. The molecule has 3 nitrogen and oxygen atoms in total. The van der Waals surface area contributed by atoms with Gasteiger partial charge in [0.25, 0.3) is 0 Å². The van der Waals surface area contributed by atoms with Crippen LogP contribution in [0.1, 0.15) is 52.4 Å². The molecule has 3 unspecified atom stereocenters. The van der Waals surface area contributed by atoms with Crippen molar-refractivity contribution in [3.05, 3.63) is 0 Å². The number of rotatable bonds is 5. The number of aliphatic hydroxyl groups excluding tert-OH is 1. The number of likely N-dealkylation sites (N-methyl/N-ethyl adjacent to an activating group) is 1. The first-order valence-electron chi connectivity index (χ1n) is 8.32. The van der Waals surface area contributed by atoms with Crippen LogP contribution in [0.5, 0.6) is 0 Å². The summed E-state index contributed by atoms with van der Waals surface area (Å²) in [6.45, 7) is 8.69. The summed E-state index contributed by atoms with van der Waals surface area (Å²) in [6.07, 6.45) is 8.08. The maximum absolute atomic E-state index is 9.87. The molecule has 1 heterocycles. The zero-order chi connectivity index (χ0) is 13.7. The van der Waals surface area contributed by atoms with Gasteiger partial charge >= 0.3 is 0 Å². The minimum atomic E-state index is -0.173. The summed E-state index contributed by atoms with van der Waals surface area (Å²) in [5, 5.41) is 13.7. The summed E-state index contributed by atoms with van der Waals surface area (Å²) in [6, 6.07) is 0.579. The van der Waals surface area contributed by atoms with Gasteiger partial charge in [-0.1, -0.05) is 26.2 Å². The van der Waals surface area contributed by atoms with E-state index in [-0.39, 0.29) is 6.10 Å². The molecule has 2 fully saturated rings. The minimum absolute atomic E-state index is 0.173. The Morgan fingerprint density at radius 2 is 1.95 bits per heavy atom. The van der Waals surface area contributed by atoms with Crippen molar-refractivity contribution < 1.29 is 5.11 Å². The van der Waals surface area contributed by atoms with E-state index in [9.17, 15) is 5.11 Å². The van der Waals surface area contributed by atoms with Gasteiger partial charge in [0, 0.05) is 19.1 Å². The van der Waals surface area contributed by atoms with Crippen LogP contribution in [0.3, 0.4) is 0 Å². The molecule has 2 aliphatic rings. The highest BCUT2D eigenvalue weighted by molar-refractivity contribution is 4.86. The average Bonchev–Trinajstić information content (AvgIpc) is 2.45. The van der Waals surface area contributed by atoms with E-state index in [4.69, 9.17) is 0 Å². The Hall–Kier alpha value is -0.120. The lowest BCUT2D eigenvalue weighted by atomic mass is 9.87. The van der Waals surface area contributed by atoms with E-state index >= 15 is 0 Å². The summed E-state index contributed by atoms with van der Waals surface area (Å²) in [5.41, 5.74) is 0. The van der Waals surface area contributed by atoms with Crippen LogP contribution in [-0.2, 0) is 0 Å². The van der Waals surface area contributed by atoms with Crippen molar-refractivity contribution in [1.29, 1.82) is 0 Å². The molecule has 1 saturated heterocycles. The van der Waals surface area contributed by atoms with E-state index in [1.807, 2.05) is 6.92 Å². The number of aliphatic hydroxyl groups is 1. The second-order valence-corrected chi connectivity index (χ2v) is 6.70. The van der Waals surface area contributed by atoms with Crippen LogP contribution in [0.15, 0.2) is 0 Å². The van der Waals surface area contributed by atoms with Gasteiger partial charge in [-0.05, 0) is 51.1 Å². The minimum Gasteiger partial charge on any atom is -0.393 e. The first kappa shape index (κ1) is 15.3. The summed E-state index contributed by atoms with van der Waals surface area (Å²) in [5.74, 6) is 1.34. The predicted molar refractivity (Wildman–Crippen MR) is 80.3 cm³/mol. The first-order chi connectivity index (χ1) is 9.19. The Kier molecular flexibility index (Phi) is 6.11. The van der Waals surface area contributed by atoms with Crippen LogP contribution in [0.4, 0.5) is 0 Å². The quantitative estimate of drug-likeness (QED) is 0.803. The Morgan fingerprint density at radius 1 is 1.21 bits per heavy atom. The molecule has 0 spiro atoms. The van der Waals surface area contributed by atoms with Crippen molar-refractivity contribution in [3.8, 4) is 0 Å². The number of hydrogen-bond donors (Lipinski definition) is 2. The largest absolute Gasteiger partial charge is 0.393 e. The lowest BCUT2D eigenvalue weighted by Crippen LogP contribution is -2.52. The Morgan fingerprint density at radius 3 is 2.58 bits per heavy atom. The third-order valence-electron chi connectivity index (χ3n) is 5.11. The third-order valence-corrected chi connectivity index (χ3v) is 5.11. The smallest absolute Gasteiger partial charge is 0.0553 e. The Bertz CT molecular complexity index is 251. The van der Waals surface area contributed by atoms with Crippen LogP contribution in [0.2, 0.25) is 0 Å². The van der Waals surface area contributed by atoms with Gasteiger partial charge in [-0.3, -0.25) is 0 Å². The second-order valence-electron chi connectivity index (χ2n) is 6.70. The number of nitrogens with zero attached hydrogens (tertiary/aromatic N) is 1. The van der Waals surface area contributed by atoms with Gasteiger partial charge in [0.05, 0.1) is 6.10 Å². The van der Waals surface area contributed by atoms with Crippen molar-refractivity contribution in [2.45, 2.75) is 64.5 Å². The number of piperidine rings is 1. The van der Waals surface area contributed by atoms with Crippen LogP contribution in [-0.4, -0.2) is 48.3 Å². The predicted octanol–water partition coefficient (Wildman–Crippen LogP) is 2.25. The van der Waals surface area contributed by atoms with Gasteiger partial charge in [-0.15, -0.1) is 0 Å². The lowest BCUT2D eigenvalue weighted by Gasteiger charge is -2.39.